The van der Waals surface area contributed by atoms with Crippen LogP contribution in [0.5, 0.6) is 0 Å². The molecule has 1 amide bonds. The van der Waals surface area contributed by atoms with E-state index in [4.69, 9.17) is 0 Å². The van der Waals surface area contributed by atoms with Crippen molar-refractivity contribution >= 4 is 27.5 Å². The summed E-state index contributed by atoms with van der Waals surface area (Å²) >= 11 is 1.25. The van der Waals surface area contributed by atoms with Crippen LogP contribution in [0.25, 0.3) is 21.7 Å². The Kier molecular flexibility index (Phi) is 3.96. The number of hydrogen-bond acceptors (Lipinski definition) is 5. The van der Waals surface area contributed by atoms with Gasteiger partial charge in [0, 0.05) is 19.8 Å². The predicted molar refractivity (Wildman–Crippen MR) is 90.8 cm³/mol. The Morgan fingerprint density at radius 3 is 2.83 bits per heavy atom. The van der Waals surface area contributed by atoms with Gasteiger partial charge in [0.2, 0.25) is 0 Å². The van der Waals surface area contributed by atoms with Gasteiger partial charge in [-0.25, -0.2) is 4.98 Å². The number of nitrogens with zero attached hydrogens (tertiary/aromatic N) is 3. The summed E-state index contributed by atoms with van der Waals surface area (Å²) in [6.45, 7) is 4.30. The lowest BCUT2D eigenvalue weighted by atomic mass is 10.2. The molecule has 6 nitrogen and oxygen atoms in total. The molecule has 0 aliphatic rings. The quantitative estimate of drug-likeness (QED) is 0.801. The third-order valence-corrected chi connectivity index (χ3v) is 4.90. The number of pyridine rings is 1. The molecule has 0 unspecified atom stereocenters. The van der Waals surface area contributed by atoms with Gasteiger partial charge in [-0.2, -0.15) is 0 Å². The van der Waals surface area contributed by atoms with E-state index in [2.05, 4.69) is 15.0 Å². The van der Waals surface area contributed by atoms with E-state index >= 15 is 0 Å². The van der Waals surface area contributed by atoms with E-state index in [-0.39, 0.29) is 11.5 Å². The number of amides is 1. The Bertz CT molecular complexity index is 930. The highest BCUT2D eigenvalue weighted by atomic mass is 32.1. The lowest BCUT2D eigenvalue weighted by Crippen LogP contribution is -2.26. The van der Waals surface area contributed by atoms with E-state index in [0.29, 0.717) is 38.7 Å². The van der Waals surface area contributed by atoms with Gasteiger partial charge in [-0.15, -0.1) is 11.3 Å². The second-order valence-corrected chi connectivity index (χ2v) is 6.18. The minimum absolute atomic E-state index is 0.0909. The first-order valence-electron chi connectivity index (χ1n) is 7.23. The lowest BCUT2D eigenvalue weighted by Gasteiger charge is -2.13. The molecule has 0 aliphatic heterocycles. The highest BCUT2D eigenvalue weighted by Gasteiger charge is 2.21. The Balaban J connectivity index is 2.19. The maximum absolute atomic E-state index is 12.4. The van der Waals surface area contributed by atoms with Gasteiger partial charge < -0.3 is 9.88 Å². The van der Waals surface area contributed by atoms with Crippen LogP contribution in [-0.2, 0) is 0 Å². The second kappa shape index (κ2) is 5.92. The fraction of sp³-hybridized carbons (Fsp3) is 0.250. The van der Waals surface area contributed by atoms with Crippen molar-refractivity contribution in [2.75, 3.05) is 13.6 Å². The van der Waals surface area contributed by atoms with Crippen molar-refractivity contribution in [3.8, 4) is 11.5 Å². The first-order valence-corrected chi connectivity index (χ1v) is 8.04. The molecule has 0 aliphatic carbocycles. The van der Waals surface area contributed by atoms with Crippen molar-refractivity contribution in [3.63, 3.8) is 0 Å². The lowest BCUT2D eigenvalue weighted by molar-refractivity contribution is 0.0806. The van der Waals surface area contributed by atoms with Crippen LogP contribution in [-0.4, -0.2) is 39.4 Å². The minimum Gasteiger partial charge on any atom is -0.341 e. The summed E-state index contributed by atoms with van der Waals surface area (Å²) < 4.78 is 0. The molecule has 0 atom stereocenters. The molecule has 3 rings (SSSR count). The van der Waals surface area contributed by atoms with Crippen molar-refractivity contribution in [2.24, 2.45) is 0 Å². The third-order valence-electron chi connectivity index (χ3n) is 3.72. The van der Waals surface area contributed by atoms with Crippen LogP contribution >= 0.6 is 11.3 Å². The van der Waals surface area contributed by atoms with E-state index < -0.39 is 0 Å². The number of carbonyl (C=O) groups excluding carboxylic acids is 1. The zero-order chi connectivity index (χ0) is 16.6. The molecule has 1 N–H and O–H groups in total. The molecule has 0 bridgehead atoms. The maximum atomic E-state index is 12.4. The molecular weight excluding hydrogens is 312 g/mol. The third kappa shape index (κ3) is 2.63. The highest BCUT2D eigenvalue weighted by molar-refractivity contribution is 7.20. The Morgan fingerprint density at radius 1 is 1.39 bits per heavy atom. The molecule has 0 saturated carbocycles. The second-order valence-electron chi connectivity index (χ2n) is 5.19. The van der Waals surface area contributed by atoms with Crippen molar-refractivity contribution in [3.05, 3.63) is 45.2 Å². The molecule has 3 aromatic rings. The topological polar surface area (TPSA) is 79.0 Å². The smallest absolute Gasteiger partial charge is 0.264 e. The molecule has 7 heteroatoms. The number of nitrogens with one attached hydrogen (secondary N) is 1. The Labute approximate surface area is 136 Å². The zero-order valence-corrected chi connectivity index (χ0v) is 13.9. The number of aryl methyl sites for hydroxylation is 1. The summed E-state index contributed by atoms with van der Waals surface area (Å²) in [5.74, 6) is 0.319. The number of carbonyl (C=O) groups is 1. The van der Waals surface area contributed by atoms with E-state index in [1.807, 2.05) is 13.0 Å². The van der Waals surface area contributed by atoms with Crippen LogP contribution in [0.3, 0.4) is 0 Å². The average molecular weight is 328 g/mol. The Hall–Kier alpha value is -2.54. The van der Waals surface area contributed by atoms with Crippen LogP contribution < -0.4 is 5.56 Å². The molecule has 0 radical (unpaired) electrons. The van der Waals surface area contributed by atoms with Crippen LogP contribution in [0.15, 0.2) is 29.2 Å². The first kappa shape index (κ1) is 15.4. The normalized spacial score (nSPS) is 10.9. The van der Waals surface area contributed by atoms with E-state index in [1.165, 1.54) is 11.3 Å². The summed E-state index contributed by atoms with van der Waals surface area (Å²) in [6, 6.07) is 5.41. The van der Waals surface area contributed by atoms with Crippen LogP contribution in [0.1, 0.15) is 22.2 Å². The number of thiophene rings is 1. The van der Waals surface area contributed by atoms with Crippen molar-refractivity contribution in [2.45, 2.75) is 13.8 Å². The SMILES string of the molecule is CCN(C)C(=O)c1sc2nc(-c3ccccn3)[nH]c(=O)c2c1C. The van der Waals surface area contributed by atoms with Gasteiger partial charge in [-0.05, 0) is 31.5 Å². The van der Waals surface area contributed by atoms with E-state index in [9.17, 15) is 9.59 Å². The van der Waals surface area contributed by atoms with Gasteiger partial charge in [-0.3, -0.25) is 14.6 Å². The van der Waals surface area contributed by atoms with Gasteiger partial charge in [0.05, 0.1) is 10.3 Å². The number of aromatic amines is 1. The molecule has 3 heterocycles. The van der Waals surface area contributed by atoms with Crippen LogP contribution in [0.2, 0.25) is 0 Å². The van der Waals surface area contributed by atoms with Gasteiger partial charge in [0.25, 0.3) is 11.5 Å². The molecule has 0 fully saturated rings. The van der Waals surface area contributed by atoms with Gasteiger partial charge in [0.15, 0.2) is 5.82 Å². The van der Waals surface area contributed by atoms with Crippen molar-refractivity contribution in [1.29, 1.82) is 0 Å². The molecule has 118 valence electrons. The number of aromatic nitrogens is 3. The molecule has 3 aromatic heterocycles. The van der Waals surface area contributed by atoms with Gasteiger partial charge in [-0.1, -0.05) is 6.07 Å². The van der Waals surface area contributed by atoms with Crippen LogP contribution in [0.4, 0.5) is 0 Å². The molecule has 0 saturated heterocycles. The highest BCUT2D eigenvalue weighted by Crippen LogP contribution is 2.28. The average Bonchev–Trinajstić information content (AvgIpc) is 2.91. The molecule has 0 aromatic carbocycles. The van der Waals surface area contributed by atoms with Gasteiger partial charge >= 0.3 is 0 Å². The number of H-pyrrole nitrogens is 1. The van der Waals surface area contributed by atoms with E-state index in [1.54, 1.807) is 37.2 Å². The number of rotatable bonds is 3. The zero-order valence-electron chi connectivity index (χ0n) is 13.1. The van der Waals surface area contributed by atoms with Gasteiger partial charge in [0.1, 0.15) is 10.5 Å². The molecular formula is C16H16N4O2S. The molecule has 0 spiro atoms. The standard InChI is InChI=1S/C16H16N4O2S/c1-4-20(3)16(22)12-9(2)11-14(21)18-13(19-15(11)23-12)10-7-5-6-8-17-10/h5-8H,4H2,1-3H3,(H,18,19,21). The van der Waals surface area contributed by atoms with Crippen molar-refractivity contribution < 1.29 is 4.79 Å². The summed E-state index contributed by atoms with van der Waals surface area (Å²) in [6.07, 6.45) is 1.64. The van der Waals surface area contributed by atoms with Crippen LogP contribution in [0, 0.1) is 6.92 Å². The first-order chi connectivity index (χ1) is 11.0. The maximum Gasteiger partial charge on any atom is 0.264 e. The molecule has 23 heavy (non-hydrogen) atoms. The van der Waals surface area contributed by atoms with Crippen molar-refractivity contribution in [1.82, 2.24) is 19.9 Å². The monoisotopic (exact) mass is 328 g/mol. The summed E-state index contributed by atoms with van der Waals surface area (Å²) in [5.41, 5.74) is 1.02. The van der Waals surface area contributed by atoms with E-state index in [0.717, 1.165) is 0 Å². The summed E-state index contributed by atoms with van der Waals surface area (Å²) in [4.78, 5) is 39.0. The fourth-order valence-corrected chi connectivity index (χ4v) is 3.47. The number of fused-ring (bicyclic) bond motifs is 1. The largest absolute Gasteiger partial charge is 0.341 e. The summed E-state index contributed by atoms with van der Waals surface area (Å²) in [7, 11) is 1.74. The minimum atomic E-state index is -0.248. The summed E-state index contributed by atoms with van der Waals surface area (Å²) in [5, 5.41) is 0.475. The number of hydrogen-bond donors (Lipinski definition) is 1. The predicted octanol–water partition coefficient (Wildman–Crippen LogP) is 2.45. The Morgan fingerprint density at radius 2 is 2.17 bits per heavy atom. The fourth-order valence-electron chi connectivity index (χ4n) is 2.29.